The number of rotatable bonds is 6. The summed E-state index contributed by atoms with van der Waals surface area (Å²) in [6, 6.07) is 10.7. The highest BCUT2D eigenvalue weighted by molar-refractivity contribution is 5.99. The molecule has 3 aromatic rings. The Morgan fingerprint density at radius 2 is 1.90 bits per heavy atom. The van der Waals surface area contributed by atoms with Crippen molar-refractivity contribution in [1.82, 2.24) is 24.8 Å². The summed E-state index contributed by atoms with van der Waals surface area (Å²) in [6.45, 7) is 11.9. The lowest BCUT2D eigenvalue weighted by Gasteiger charge is -2.36. The monoisotopic (exact) mass is 406 g/mol. The Morgan fingerprint density at radius 3 is 2.67 bits per heavy atom. The van der Waals surface area contributed by atoms with Crippen LogP contribution < -0.4 is 10.2 Å². The Hall–Kier alpha value is -2.93. The molecule has 0 radical (unpaired) electrons. The summed E-state index contributed by atoms with van der Waals surface area (Å²) in [5, 5.41) is 7.33. The molecular weight excluding hydrogens is 376 g/mol. The van der Waals surface area contributed by atoms with E-state index in [9.17, 15) is 4.79 Å². The van der Waals surface area contributed by atoms with Gasteiger partial charge in [0.15, 0.2) is 5.65 Å². The molecular formula is C23H30N6O. The van der Waals surface area contributed by atoms with E-state index in [4.69, 9.17) is 0 Å². The van der Waals surface area contributed by atoms with Gasteiger partial charge in [-0.15, -0.1) is 0 Å². The highest BCUT2D eigenvalue weighted by Gasteiger charge is 2.18. The van der Waals surface area contributed by atoms with Gasteiger partial charge in [-0.25, -0.2) is 9.50 Å². The summed E-state index contributed by atoms with van der Waals surface area (Å²) >= 11 is 0. The van der Waals surface area contributed by atoms with E-state index in [0.717, 1.165) is 50.5 Å². The molecule has 1 saturated heterocycles. The van der Waals surface area contributed by atoms with Crippen LogP contribution in [0.15, 0.2) is 36.5 Å². The molecule has 0 saturated carbocycles. The first-order valence-corrected chi connectivity index (χ1v) is 10.7. The van der Waals surface area contributed by atoms with Crippen molar-refractivity contribution < 1.29 is 4.79 Å². The summed E-state index contributed by atoms with van der Waals surface area (Å²) in [5.41, 5.74) is 5.64. The zero-order valence-corrected chi connectivity index (χ0v) is 18.1. The number of aryl methyl sites for hydroxylation is 3. The second-order valence-corrected chi connectivity index (χ2v) is 8.11. The number of carbonyl (C=O) groups is 1. The van der Waals surface area contributed by atoms with E-state index < -0.39 is 0 Å². The van der Waals surface area contributed by atoms with Crippen LogP contribution in [0.2, 0.25) is 0 Å². The molecule has 4 rings (SSSR count). The van der Waals surface area contributed by atoms with Gasteiger partial charge in [0.2, 0.25) is 0 Å². The number of piperazine rings is 1. The van der Waals surface area contributed by atoms with Crippen LogP contribution in [0, 0.1) is 20.8 Å². The van der Waals surface area contributed by atoms with E-state index in [0.29, 0.717) is 17.8 Å². The summed E-state index contributed by atoms with van der Waals surface area (Å²) in [5.74, 6) is -0.105. The third kappa shape index (κ3) is 4.46. The number of amides is 1. The molecule has 1 fully saturated rings. The molecule has 0 atom stereocenters. The smallest absolute Gasteiger partial charge is 0.256 e. The largest absolute Gasteiger partial charge is 0.369 e. The molecule has 7 heteroatoms. The maximum absolute atomic E-state index is 12.6. The van der Waals surface area contributed by atoms with Crippen molar-refractivity contribution in [3.05, 3.63) is 59.0 Å². The molecule has 2 aromatic heterocycles. The molecule has 3 heterocycles. The van der Waals surface area contributed by atoms with Crippen LogP contribution in [-0.4, -0.2) is 64.7 Å². The topological polar surface area (TPSA) is 65.8 Å². The van der Waals surface area contributed by atoms with Crippen LogP contribution in [0.4, 0.5) is 5.69 Å². The lowest BCUT2D eigenvalue weighted by Crippen LogP contribution is -2.47. The number of carbonyl (C=O) groups excluding carboxylic acids is 1. The average Bonchev–Trinajstić information content (AvgIpc) is 3.16. The zero-order valence-electron chi connectivity index (χ0n) is 18.1. The Labute approximate surface area is 177 Å². The number of nitrogens with one attached hydrogen (secondary N) is 1. The first-order chi connectivity index (χ1) is 14.5. The molecule has 7 nitrogen and oxygen atoms in total. The van der Waals surface area contributed by atoms with Crippen molar-refractivity contribution in [2.75, 3.05) is 44.2 Å². The summed E-state index contributed by atoms with van der Waals surface area (Å²) in [6.07, 6.45) is 2.54. The van der Waals surface area contributed by atoms with E-state index >= 15 is 0 Å². The Bertz CT molecular complexity index is 1040. The third-order valence-corrected chi connectivity index (χ3v) is 5.70. The quantitative estimate of drug-likeness (QED) is 0.638. The highest BCUT2D eigenvalue weighted by Crippen LogP contribution is 2.18. The number of fused-ring (bicyclic) bond motifs is 1. The minimum absolute atomic E-state index is 0.105. The van der Waals surface area contributed by atoms with Crippen LogP contribution in [0.1, 0.15) is 33.7 Å². The number of hydrogen-bond donors (Lipinski definition) is 1. The summed E-state index contributed by atoms with van der Waals surface area (Å²) < 4.78 is 1.72. The van der Waals surface area contributed by atoms with Gasteiger partial charge in [0.25, 0.3) is 5.91 Å². The van der Waals surface area contributed by atoms with Gasteiger partial charge in [0, 0.05) is 49.8 Å². The van der Waals surface area contributed by atoms with Crippen LogP contribution in [0.25, 0.3) is 5.65 Å². The number of anilines is 1. The maximum Gasteiger partial charge on any atom is 0.256 e. The van der Waals surface area contributed by atoms with Crippen molar-refractivity contribution in [1.29, 1.82) is 0 Å². The molecule has 0 aliphatic carbocycles. The Morgan fingerprint density at radius 1 is 1.10 bits per heavy atom. The van der Waals surface area contributed by atoms with Crippen LogP contribution in [0.5, 0.6) is 0 Å². The molecule has 30 heavy (non-hydrogen) atoms. The predicted octanol–water partition coefficient (Wildman–Crippen LogP) is 2.60. The first kappa shape index (κ1) is 20.3. The molecule has 1 aliphatic rings. The molecule has 0 spiro atoms. The van der Waals surface area contributed by atoms with Gasteiger partial charge < -0.3 is 10.2 Å². The number of hydrogen-bond acceptors (Lipinski definition) is 5. The van der Waals surface area contributed by atoms with E-state index in [1.165, 1.54) is 11.3 Å². The fourth-order valence-corrected chi connectivity index (χ4v) is 4.08. The van der Waals surface area contributed by atoms with Crippen molar-refractivity contribution in [3.63, 3.8) is 0 Å². The second-order valence-electron chi connectivity index (χ2n) is 8.11. The summed E-state index contributed by atoms with van der Waals surface area (Å²) in [4.78, 5) is 22.0. The normalized spacial score (nSPS) is 15.0. The fourth-order valence-electron chi connectivity index (χ4n) is 4.08. The molecule has 1 aromatic carbocycles. The molecule has 1 amide bonds. The third-order valence-electron chi connectivity index (χ3n) is 5.70. The second kappa shape index (κ2) is 8.83. The van der Waals surface area contributed by atoms with Gasteiger partial charge >= 0.3 is 0 Å². The minimum atomic E-state index is -0.105. The van der Waals surface area contributed by atoms with Crippen LogP contribution >= 0.6 is 0 Å². The molecule has 0 bridgehead atoms. The Kier molecular flexibility index (Phi) is 5.99. The van der Waals surface area contributed by atoms with Crippen molar-refractivity contribution in [3.8, 4) is 0 Å². The SMILES string of the molecule is Cc1cccc(N2CCN(CCCNC(=O)c3cnn4c(C)cc(C)nc34)CC2)c1. The lowest BCUT2D eigenvalue weighted by atomic mass is 10.2. The molecule has 0 unspecified atom stereocenters. The number of benzene rings is 1. The van der Waals surface area contributed by atoms with E-state index in [1.807, 2.05) is 19.9 Å². The van der Waals surface area contributed by atoms with E-state index in [2.05, 4.69) is 56.4 Å². The van der Waals surface area contributed by atoms with E-state index in [1.54, 1.807) is 10.7 Å². The number of aromatic nitrogens is 3. The Balaban J connectivity index is 1.23. The van der Waals surface area contributed by atoms with Crippen LogP contribution in [0.3, 0.4) is 0 Å². The standard InChI is InChI=1S/C23H30N6O/c1-17-6-4-7-20(14-17)28-12-10-27(11-13-28)9-5-8-24-23(30)21-16-25-29-19(3)15-18(2)26-22(21)29/h4,6-7,14-16H,5,8-13H2,1-3H3,(H,24,30). The molecule has 1 aliphatic heterocycles. The van der Waals surface area contributed by atoms with Gasteiger partial charge in [-0.3, -0.25) is 9.69 Å². The fraction of sp³-hybridized carbons (Fsp3) is 0.435. The van der Waals surface area contributed by atoms with Crippen molar-refractivity contribution in [2.24, 2.45) is 0 Å². The first-order valence-electron chi connectivity index (χ1n) is 10.7. The molecule has 158 valence electrons. The van der Waals surface area contributed by atoms with Crippen LogP contribution in [-0.2, 0) is 0 Å². The average molecular weight is 407 g/mol. The van der Waals surface area contributed by atoms with Gasteiger partial charge in [0.05, 0.1) is 6.20 Å². The molecule has 1 N–H and O–H groups in total. The highest BCUT2D eigenvalue weighted by atomic mass is 16.1. The van der Waals surface area contributed by atoms with Gasteiger partial charge in [-0.1, -0.05) is 12.1 Å². The number of nitrogens with zero attached hydrogens (tertiary/aromatic N) is 5. The van der Waals surface area contributed by atoms with Gasteiger partial charge in [0.1, 0.15) is 5.56 Å². The van der Waals surface area contributed by atoms with Gasteiger partial charge in [-0.05, 0) is 57.5 Å². The van der Waals surface area contributed by atoms with Gasteiger partial charge in [-0.2, -0.15) is 5.10 Å². The van der Waals surface area contributed by atoms with E-state index in [-0.39, 0.29) is 5.91 Å². The summed E-state index contributed by atoms with van der Waals surface area (Å²) in [7, 11) is 0. The maximum atomic E-state index is 12.6. The minimum Gasteiger partial charge on any atom is -0.369 e. The lowest BCUT2D eigenvalue weighted by molar-refractivity contribution is 0.0953. The predicted molar refractivity (Wildman–Crippen MR) is 119 cm³/mol. The van der Waals surface area contributed by atoms with Crippen molar-refractivity contribution >= 4 is 17.2 Å². The zero-order chi connectivity index (χ0) is 21.1. The van der Waals surface area contributed by atoms with Crippen molar-refractivity contribution in [2.45, 2.75) is 27.2 Å².